The summed E-state index contributed by atoms with van der Waals surface area (Å²) in [6.07, 6.45) is 4.99. The summed E-state index contributed by atoms with van der Waals surface area (Å²) in [7, 11) is 0. The van der Waals surface area contributed by atoms with Crippen molar-refractivity contribution in [3.05, 3.63) is 41.2 Å². The highest BCUT2D eigenvalue weighted by atomic mass is 19.1. The van der Waals surface area contributed by atoms with Crippen molar-refractivity contribution in [1.82, 2.24) is 4.90 Å². The number of rotatable bonds is 7. The van der Waals surface area contributed by atoms with Gasteiger partial charge in [0.1, 0.15) is 5.82 Å². The summed E-state index contributed by atoms with van der Waals surface area (Å²) in [6.45, 7) is 4.65. The third-order valence-electron chi connectivity index (χ3n) is 3.55. The van der Waals surface area contributed by atoms with Gasteiger partial charge in [0.2, 0.25) is 0 Å². The minimum atomic E-state index is -1.03. The van der Waals surface area contributed by atoms with Gasteiger partial charge in [0.15, 0.2) is 0 Å². The van der Waals surface area contributed by atoms with Crippen molar-refractivity contribution < 1.29 is 14.3 Å². The smallest absolute Gasteiger partial charge is 0.328 e. The summed E-state index contributed by atoms with van der Waals surface area (Å²) in [5.41, 5.74) is 1.24. The van der Waals surface area contributed by atoms with Crippen LogP contribution in [0.25, 0.3) is 6.08 Å². The van der Waals surface area contributed by atoms with Gasteiger partial charge in [-0.05, 0) is 43.0 Å². The van der Waals surface area contributed by atoms with Crippen LogP contribution in [0.15, 0.2) is 24.3 Å². The van der Waals surface area contributed by atoms with Crippen LogP contribution in [0.1, 0.15) is 30.9 Å². The van der Waals surface area contributed by atoms with Crippen molar-refractivity contribution in [3.63, 3.8) is 0 Å². The highest BCUT2D eigenvalue weighted by Gasteiger charge is 2.23. The maximum atomic E-state index is 14.0. The summed E-state index contributed by atoms with van der Waals surface area (Å²) >= 11 is 0. The molecule has 4 heteroatoms. The molecule has 0 radical (unpaired) electrons. The SMILES string of the molecule is CCN(Cc1ccc(C=CC(=O)O)cc1F)CC1CC1. The van der Waals surface area contributed by atoms with Crippen molar-refractivity contribution in [2.24, 2.45) is 5.92 Å². The Kier molecular flexibility index (Phi) is 4.90. The summed E-state index contributed by atoms with van der Waals surface area (Å²) < 4.78 is 14.0. The van der Waals surface area contributed by atoms with Gasteiger partial charge >= 0.3 is 5.97 Å². The number of hydrogen-bond donors (Lipinski definition) is 1. The molecule has 1 saturated carbocycles. The molecule has 2 rings (SSSR count). The molecule has 0 amide bonds. The topological polar surface area (TPSA) is 40.5 Å². The molecule has 0 heterocycles. The van der Waals surface area contributed by atoms with Crippen molar-refractivity contribution in [1.29, 1.82) is 0 Å². The Labute approximate surface area is 118 Å². The monoisotopic (exact) mass is 277 g/mol. The van der Waals surface area contributed by atoms with E-state index < -0.39 is 5.97 Å². The van der Waals surface area contributed by atoms with Crippen molar-refractivity contribution >= 4 is 12.0 Å². The molecule has 0 bridgehead atoms. The van der Waals surface area contributed by atoms with E-state index in [1.807, 2.05) is 0 Å². The van der Waals surface area contributed by atoms with E-state index >= 15 is 0 Å². The Hall–Kier alpha value is -1.68. The number of halogens is 1. The predicted molar refractivity (Wildman–Crippen MR) is 76.7 cm³/mol. The molecular formula is C16H20FNO2. The lowest BCUT2D eigenvalue weighted by molar-refractivity contribution is -0.131. The van der Waals surface area contributed by atoms with Crippen LogP contribution in [0, 0.1) is 11.7 Å². The highest BCUT2D eigenvalue weighted by Crippen LogP contribution is 2.30. The van der Waals surface area contributed by atoms with Gasteiger partial charge < -0.3 is 5.11 Å². The fourth-order valence-corrected chi connectivity index (χ4v) is 2.17. The van der Waals surface area contributed by atoms with Gasteiger partial charge in [-0.2, -0.15) is 0 Å². The van der Waals surface area contributed by atoms with Gasteiger partial charge in [-0.3, -0.25) is 4.90 Å². The Bertz CT molecular complexity index is 509. The van der Waals surface area contributed by atoms with Crippen molar-refractivity contribution in [2.45, 2.75) is 26.3 Å². The fraction of sp³-hybridized carbons (Fsp3) is 0.438. The van der Waals surface area contributed by atoms with Gasteiger partial charge in [-0.1, -0.05) is 19.1 Å². The van der Waals surface area contributed by atoms with Crippen LogP contribution in [0.2, 0.25) is 0 Å². The minimum absolute atomic E-state index is 0.271. The van der Waals surface area contributed by atoms with Crippen molar-refractivity contribution in [3.8, 4) is 0 Å². The number of nitrogens with zero attached hydrogens (tertiary/aromatic N) is 1. The van der Waals surface area contributed by atoms with E-state index in [9.17, 15) is 9.18 Å². The van der Waals surface area contributed by atoms with E-state index in [1.165, 1.54) is 25.0 Å². The molecule has 1 aliphatic rings. The lowest BCUT2D eigenvalue weighted by Crippen LogP contribution is -2.25. The Balaban J connectivity index is 2.02. The fourth-order valence-electron chi connectivity index (χ4n) is 2.17. The largest absolute Gasteiger partial charge is 0.478 e. The molecule has 0 unspecified atom stereocenters. The average molecular weight is 277 g/mol. The number of aliphatic carboxylic acids is 1. The lowest BCUT2D eigenvalue weighted by Gasteiger charge is -2.20. The molecule has 1 N–H and O–H groups in total. The molecular weight excluding hydrogens is 257 g/mol. The second-order valence-electron chi connectivity index (χ2n) is 5.29. The first-order valence-electron chi connectivity index (χ1n) is 7.00. The zero-order valence-electron chi connectivity index (χ0n) is 11.7. The van der Waals surface area contributed by atoms with Crippen LogP contribution in [-0.2, 0) is 11.3 Å². The lowest BCUT2D eigenvalue weighted by atomic mass is 10.1. The molecule has 0 atom stereocenters. The van der Waals surface area contributed by atoms with Crippen LogP contribution in [0.5, 0.6) is 0 Å². The van der Waals surface area contributed by atoms with Crippen molar-refractivity contribution in [2.75, 3.05) is 13.1 Å². The number of benzene rings is 1. The van der Waals surface area contributed by atoms with Crippen LogP contribution < -0.4 is 0 Å². The van der Waals surface area contributed by atoms with E-state index in [0.29, 0.717) is 17.7 Å². The number of hydrogen-bond acceptors (Lipinski definition) is 2. The van der Waals surface area contributed by atoms with E-state index in [4.69, 9.17) is 5.11 Å². The van der Waals surface area contributed by atoms with Gasteiger partial charge in [0, 0.05) is 24.7 Å². The number of carboxylic acid groups (broad SMARTS) is 1. The molecule has 3 nitrogen and oxygen atoms in total. The average Bonchev–Trinajstić information content (AvgIpc) is 3.22. The Morgan fingerprint density at radius 2 is 2.25 bits per heavy atom. The molecule has 1 aliphatic carbocycles. The van der Waals surface area contributed by atoms with E-state index in [1.54, 1.807) is 12.1 Å². The van der Waals surface area contributed by atoms with E-state index in [-0.39, 0.29) is 5.82 Å². The molecule has 108 valence electrons. The molecule has 0 saturated heterocycles. The molecule has 1 aromatic rings. The first-order chi connectivity index (χ1) is 9.58. The summed E-state index contributed by atoms with van der Waals surface area (Å²) in [5.74, 6) is -0.515. The maximum absolute atomic E-state index is 14.0. The van der Waals surface area contributed by atoms with Gasteiger partial charge in [-0.15, -0.1) is 0 Å². The zero-order chi connectivity index (χ0) is 14.5. The molecule has 0 spiro atoms. The third-order valence-corrected chi connectivity index (χ3v) is 3.55. The molecule has 0 aromatic heterocycles. The molecule has 1 fully saturated rings. The third kappa shape index (κ3) is 4.46. The Morgan fingerprint density at radius 1 is 1.50 bits per heavy atom. The standard InChI is InChI=1S/C16H20FNO2/c1-2-18(10-13-3-4-13)11-14-7-5-12(9-15(14)17)6-8-16(19)20/h5-9,13H,2-4,10-11H2,1H3,(H,19,20). The van der Waals surface area contributed by atoms with Crippen LogP contribution in [0.4, 0.5) is 4.39 Å². The summed E-state index contributed by atoms with van der Waals surface area (Å²) in [5, 5.41) is 8.55. The highest BCUT2D eigenvalue weighted by molar-refractivity contribution is 5.85. The number of carboxylic acids is 1. The number of carbonyl (C=O) groups is 1. The second-order valence-corrected chi connectivity index (χ2v) is 5.29. The Morgan fingerprint density at radius 3 is 2.80 bits per heavy atom. The first-order valence-corrected chi connectivity index (χ1v) is 7.00. The van der Waals surface area contributed by atoms with E-state index in [2.05, 4.69) is 11.8 Å². The summed E-state index contributed by atoms with van der Waals surface area (Å²) in [4.78, 5) is 12.7. The van der Waals surface area contributed by atoms with Gasteiger partial charge in [-0.25, -0.2) is 9.18 Å². The van der Waals surface area contributed by atoms with Gasteiger partial charge in [0.25, 0.3) is 0 Å². The predicted octanol–water partition coefficient (Wildman–Crippen LogP) is 3.16. The second kappa shape index (κ2) is 6.66. The first kappa shape index (κ1) is 14.7. The van der Waals surface area contributed by atoms with Gasteiger partial charge in [0.05, 0.1) is 0 Å². The summed E-state index contributed by atoms with van der Waals surface area (Å²) in [6, 6.07) is 4.88. The molecule has 20 heavy (non-hydrogen) atoms. The normalized spacial score (nSPS) is 15.2. The van der Waals surface area contributed by atoms with Crippen LogP contribution in [0.3, 0.4) is 0 Å². The molecule has 0 aliphatic heterocycles. The zero-order valence-corrected chi connectivity index (χ0v) is 11.7. The minimum Gasteiger partial charge on any atom is -0.478 e. The van der Waals surface area contributed by atoms with Crippen LogP contribution in [-0.4, -0.2) is 29.1 Å². The van der Waals surface area contributed by atoms with Crippen LogP contribution >= 0.6 is 0 Å². The quantitative estimate of drug-likeness (QED) is 0.778. The molecule has 1 aromatic carbocycles. The van der Waals surface area contributed by atoms with E-state index in [0.717, 1.165) is 25.1 Å². The maximum Gasteiger partial charge on any atom is 0.328 e.